The van der Waals surface area contributed by atoms with E-state index < -0.39 is 0 Å². The molecule has 2 fully saturated rings. The Balaban J connectivity index is 0.000000884. The summed E-state index contributed by atoms with van der Waals surface area (Å²) in [5.41, 5.74) is 1.37. The third kappa shape index (κ3) is 11.9. The van der Waals surface area contributed by atoms with Crippen LogP contribution in [0.4, 0.5) is 0 Å². The number of aromatic nitrogens is 2. The van der Waals surface area contributed by atoms with Gasteiger partial charge in [-0.05, 0) is 69.1 Å². The number of unbranched alkanes of at least 4 members (excludes halogenated alkanes) is 2. The van der Waals surface area contributed by atoms with E-state index >= 15 is 0 Å². The predicted octanol–water partition coefficient (Wildman–Crippen LogP) is 7.09. The largest absolute Gasteiger partial charge is 0.304 e. The predicted molar refractivity (Wildman–Crippen MR) is 134 cm³/mol. The van der Waals surface area contributed by atoms with Gasteiger partial charge in [0.1, 0.15) is 6.29 Å². The molecule has 0 aromatic carbocycles. The second kappa shape index (κ2) is 17.4. The highest BCUT2D eigenvalue weighted by Crippen LogP contribution is 2.28. The number of hydrogen-bond donors (Lipinski definition) is 0. The van der Waals surface area contributed by atoms with Crippen molar-refractivity contribution in [2.75, 3.05) is 19.6 Å². The molecule has 4 nitrogen and oxygen atoms in total. The van der Waals surface area contributed by atoms with Gasteiger partial charge in [0.25, 0.3) is 0 Å². The van der Waals surface area contributed by atoms with Crippen molar-refractivity contribution >= 4 is 6.29 Å². The molecule has 180 valence electrons. The van der Waals surface area contributed by atoms with Crippen LogP contribution in [0, 0.1) is 11.8 Å². The van der Waals surface area contributed by atoms with Crippen LogP contribution in [-0.4, -0.2) is 40.6 Å². The second-order valence-corrected chi connectivity index (χ2v) is 9.52. The monoisotopic (exact) mass is 433 g/mol. The van der Waals surface area contributed by atoms with Crippen molar-refractivity contribution < 1.29 is 4.79 Å². The standard InChI is InChI=1S/C23H41N3.C2H4O.C2H6/c1-20(2)23-17-24-26(19-23)18-22-12-15-25(16-13-22)14-8-4-7-11-21-9-5-3-6-10-21;1-2-3;1-2/h17,19-22H,3-16,18H2,1-2H3;2H,1H3;1-2H3. The van der Waals surface area contributed by atoms with Crippen molar-refractivity contribution in [3.05, 3.63) is 18.0 Å². The van der Waals surface area contributed by atoms with Gasteiger partial charge < -0.3 is 9.69 Å². The molecule has 3 rings (SSSR count). The molecule has 2 heterocycles. The summed E-state index contributed by atoms with van der Waals surface area (Å²) in [7, 11) is 0. The first-order valence-electron chi connectivity index (χ1n) is 13.3. The minimum absolute atomic E-state index is 0.587. The van der Waals surface area contributed by atoms with E-state index in [0.29, 0.717) is 5.92 Å². The van der Waals surface area contributed by atoms with E-state index in [-0.39, 0.29) is 0 Å². The van der Waals surface area contributed by atoms with Gasteiger partial charge in [0.15, 0.2) is 0 Å². The van der Waals surface area contributed by atoms with Gasteiger partial charge in [-0.2, -0.15) is 5.10 Å². The van der Waals surface area contributed by atoms with Crippen molar-refractivity contribution in [2.45, 2.75) is 118 Å². The molecule has 1 aliphatic carbocycles. The van der Waals surface area contributed by atoms with Crippen LogP contribution in [-0.2, 0) is 11.3 Å². The van der Waals surface area contributed by atoms with Crippen molar-refractivity contribution in [1.29, 1.82) is 0 Å². The average molecular weight is 434 g/mol. The lowest BCUT2D eigenvalue weighted by Crippen LogP contribution is -2.35. The molecule has 0 spiro atoms. The van der Waals surface area contributed by atoms with Gasteiger partial charge in [0, 0.05) is 12.7 Å². The van der Waals surface area contributed by atoms with Crippen LogP contribution in [0.15, 0.2) is 12.4 Å². The SMILES string of the molecule is CC.CC(C)c1cnn(CC2CCN(CCCCCC3CCCCC3)CC2)c1.CC=O. The summed E-state index contributed by atoms with van der Waals surface area (Å²) in [6.07, 6.45) is 21.1. The summed E-state index contributed by atoms with van der Waals surface area (Å²) in [5.74, 6) is 2.47. The van der Waals surface area contributed by atoms with Crippen LogP contribution in [0.1, 0.15) is 117 Å². The molecule has 1 aliphatic heterocycles. The molecule has 31 heavy (non-hydrogen) atoms. The van der Waals surface area contributed by atoms with Crippen LogP contribution in [0.2, 0.25) is 0 Å². The number of aldehydes is 1. The normalized spacial score (nSPS) is 18.1. The van der Waals surface area contributed by atoms with E-state index in [1.165, 1.54) is 103 Å². The number of rotatable bonds is 9. The Labute approximate surface area is 193 Å². The maximum atomic E-state index is 8.81. The molecule has 2 aliphatic rings. The first-order valence-corrected chi connectivity index (χ1v) is 13.3. The zero-order valence-corrected chi connectivity index (χ0v) is 21.3. The molecule has 1 saturated heterocycles. The van der Waals surface area contributed by atoms with Crippen LogP contribution in [0.3, 0.4) is 0 Å². The van der Waals surface area contributed by atoms with Crippen molar-refractivity contribution in [2.24, 2.45) is 11.8 Å². The smallest absolute Gasteiger partial charge is 0.116 e. The number of nitrogens with zero attached hydrogens (tertiary/aromatic N) is 3. The van der Waals surface area contributed by atoms with E-state index in [0.717, 1.165) is 24.7 Å². The van der Waals surface area contributed by atoms with Crippen molar-refractivity contribution in [3.8, 4) is 0 Å². The second-order valence-electron chi connectivity index (χ2n) is 9.52. The number of hydrogen-bond acceptors (Lipinski definition) is 3. The Morgan fingerprint density at radius 1 is 1.00 bits per heavy atom. The summed E-state index contributed by atoms with van der Waals surface area (Å²) < 4.78 is 2.18. The average Bonchev–Trinajstić information content (AvgIpc) is 3.26. The van der Waals surface area contributed by atoms with E-state index in [9.17, 15) is 0 Å². The molecule has 1 aromatic heterocycles. The molecular weight excluding hydrogens is 382 g/mol. The molecule has 0 bridgehead atoms. The van der Waals surface area contributed by atoms with Crippen LogP contribution >= 0.6 is 0 Å². The van der Waals surface area contributed by atoms with E-state index in [1.54, 1.807) is 0 Å². The van der Waals surface area contributed by atoms with E-state index in [2.05, 4.69) is 34.7 Å². The number of carbonyl (C=O) groups excluding carboxylic acids is 1. The van der Waals surface area contributed by atoms with Crippen LogP contribution in [0.25, 0.3) is 0 Å². The molecule has 1 aromatic rings. The van der Waals surface area contributed by atoms with Crippen LogP contribution in [0.5, 0.6) is 0 Å². The molecule has 0 radical (unpaired) electrons. The Morgan fingerprint density at radius 2 is 1.65 bits per heavy atom. The molecule has 0 atom stereocenters. The lowest BCUT2D eigenvalue weighted by molar-refractivity contribution is -0.106. The fourth-order valence-electron chi connectivity index (χ4n) is 4.86. The molecule has 0 unspecified atom stereocenters. The number of carbonyl (C=O) groups is 1. The maximum absolute atomic E-state index is 8.81. The van der Waals surface area contributed by atoms with Crippen LogP contribution < -0.4 is 0 Å². The fraction of sp³-hybridized carbons (Fsp3) is 0.852. The van der Waals surface area contributed by atoms with Gasteiger partial charge in [-0.3, -0.25) is 4.68 Å². The number of piperidine rings is 1. The molecular formula is C27H51N3O. The third-order valence-electron chi connectivity index (χ3n) is 6.78. The maximum Gasteiger partial charge on any atom is 0.116 e. The van der Waals surface area contributed by atoms with Crippen molar-refractivity contribution in [1.82, 2.24) is 14.7 Å². The summed E-state index contributed by atoms with van der Waals surface area (Å²) in [6, 6.07) is 0. The minimum Gasteiger partial charge on any atom is -0.304 e. The Bertz CT molecular complexity index is 540. The first-order chi connectivity index (χ1) is 15.1. The molecule has 1 saturated carbocycles. The number of likely N-dealkylation sites (tertiary alicyclic amines) is 1. The summed E-state index contributed by atoms with van der Waals surface area (Å²) in [6.45, 7) is 15.0. The van der Waals surface area contributed by atoms with E-state index in [1.807, 2.05) is 20.0 Å². The lowest BCUT2D eigenvalue weighted by Gasteiger charge is -2.32. The third-order valence-corrected chi connectivity index (χ3v) is 6.78. The molecule has 0 N–H and O–H groups in total. The first kappa shape index (κ1) is 27.9. The highest BCUT2D eigenvalue weighted by Gasteiger charge is 2.20. The highest BCUT2D eigenvalue weighted by molar-refractivity contribution is 5.44. The zero-order valence-electron chi connectivity index (χ0n) is 21.3. The highest BCUT2D eigenvalue weighted by atomic mass is 16.1. The van der Waals surface area contributed by atoms with Gasteiger partial charge in [0.05, 0.1) is 6.20 Å². The summed E-state index contributed by atoms with van der Waals surface area (Å²) >= 11 is 0. The molecule has 4 heteroatoms. The van der Waals surface area contributed by atoms with Gasteiger partial charge >= 0.3 is 0 Å². The Morgan fingerprint density at radius 3 is 2.23 bits per heavy atom. The van der Waals surface area contributed by atoms with Gasteiger partial charge in [0.2, 0.25) is 0 Å². The lowest BCUT2D eigenvalue weighted by atomic mass is 9.85. The summed E-state index contributed by atoms with van der Waals surface area (Å²) in [4.78, 5) is 11.5. The molecule has 0 amide bonds. The van der Waals surface area contributed by atoms with Gasteiger partial charge in [-0.15, -0.1) is 0 Å². The van der Waals surface area contributed by atoms with Gasteiger partial charge in [-0.25, -0.2) is 0 Å². The minimum atomic E-state index is 0.587. The Kier molecular flexibility index (Phi) is 15.6. The van der Waals surface area contributed by atoms with E-state index in [4.69, 9.17) is 4.79 Å². The van der Waals surface area contributed by atoms with Crippen molar-refractivity contribution in [3.63, 3.8) is 0 Å². The topological polar surface area (TPSA) is 38.1 Å². The Hall–Kier alpha value is -1.16. The fourth-order valence-corrected chi connectivity index (χ4v) is 4.86. The summed E-state index contributed by atoms with van der Waals surface area (Å²) in [5, 5.41) is 4.56. The quantitative estimate of drug-likeness (QED) is 0.308. The van der Waals surface area contributed by atoms with Gasteiger partial charge in [-0.1, -0.05) is 79.1 Å². The zero-order chi connectivity index (χ0) is 22.9.